The third-order valence-corrected chi connectivity index (χ3v) is 0. The summed E-state index contributed by atoms with van der Waals surface area (Å²) in [5, 5.41) is 0. The summed E-state index contributed by atoms with van der Waals surface area (Å²) < 4.78 is 0. The van der Waals surface area contributed by atoms with Crippen LogP contribution in [0.3, 0.4) is 0 Å². The fraction of sp³-hybridized carbons (Fsp3) is 0. The molecule has 0 rings (SSSR count). The van der Waals surface area contributed by atoms with Crippen LogP contribution in [0.5, 0.6) is 0 Å². The van der Waals surface area contributed by atoms with Crippen LogP contribution in [0.1, 0.15) is 2.85 Å². The van der Waals surface area contributed by atoms with E-state index in [1.165, 1.54) is 0 Å². The minimum absolute atomic E-state index is 0. The third kappa shape index (κ3) is 8.97. The summed E-state index contributed by atoms with van der Waals surface area (Å²) in [4.78, 5) is 0. The van der Waals surface area contributed by atoms with Gasteiger partial charge in [-0.1, -0.05) is 0 Å². The molecule has 0 saturated heterocycles. The van der Waals surface area contributed by atoms with E-state index in [0.717, 1.165) is 0 Å². The van der Waals surface area contributed by atoms with E-state index in [1.54, 1.807) is 0 Å². The van der Waals surface area contributed by atoms with Gasteiger partial charge in [0.2, 0.25) is 0 Å². The van der Waals surface area contributed by atoms with Crippen LogP contribution in [0.25, 0.3) is 0 Å². The van der Waals surface area contributed by atoms with Crippen LogP contribution in [0.15, 0.2) is 0 Å². The molecule has 0 aromatic rings. The van der Waals surface area contributed by atoms with Gasteiger partial charge in [-0.25, -0.2) is 0 Å². The Balaban J connectivity index is 0. The molecule has 4 heteroatoms. The van der Waals surface area contributed by atoms with Gasteiger partial charge in [0, 0.05) is 17.1 Å². The predicted octanol–water partition coefficient (Wildman–Crippen LogP) is -0.962. The second-order valence-corrected chi connectivity index (χ2v) is 0. The van der Waals surface area contributed by atoms with Gasteiger partial charge in [0.1, 0.15) is 0 Å². The maximum atomic E-state index is 0. The normalized spacial score (nSPS) is 0. The van der Waals surface area contributed by atoms with E-state index in [1.807, 2.05) is 0 Å². The first kappa shape index (κ1) is 26.9. The van der Waals surface area contributed by atoms with E-state index in [2.05, 4.69) is 0 Å². The molecule has 0 aliphatic heterocycles. The Morgan fingerprint density at radius 2 is 1.25 bits per heavy atom. The Labute approximate surface area is 104 Å². The fourth-order valence-electron chi connectivity index (χ4n) is 0. The molecule has 0 bridgehead atoms. The number of hydrogen-bond donors (Lipinski definition) is 0. The van der Waals surface area contributed by atoms with Crippen molar-refractivity contribution < 1.29 is 19.9 Å². The molecule has 0 nitrogen and oxygen atoms in total. The molecule has 4 heavy (non-hydrogen) atoms. The topological polar surface area (TPSA) is 0 Å². The summed E-state index contributed by atoms with van der Waals surface area (Å²) in [5.41, 5.74) is 0. The summed E-state index contributed by atoms with van der Waals surface area (Å²) in [6.07, 6.45) is 0. The molecule has 0 aromatic carbocycles. The van der Waals surface area contributed by atoms with Crippen molar-refractivity contribution in [2.45, 2.75) is 0 Å². The van der Waals surface area contributed by atoms with Crippen LogP contribution in [-0.4, -0.2) is 72.8 Å². The van der Waals surface area contributed by atoms with Gasteiger partial charge in [-0.2, -0.15) is 13.5 Å². The van der Waals surface area contributed by atoms with Gasteiger partial charge in [0.15, 0.2) is 0 Å². The third-order valence-electron chi connectivity index (χ3n) is 0. The van der Waals surface area contributed by atoms with Gasteiger partial charge in [-0.15, -0.1) is 0 Å². The molecule has 0 aromatic heterocycles. The Morgan fingerprint density at radius 1 is 1.25 bits per heavy atom. The first-order valence-electron chi connectivity index (χ1n) is 0. The Hall–Kier alpha value is 3.24. The molecule has 0 N–H and O–H groups in total. The van der Waals surface area contributed by atoms with E-state index < -0.39 is 0 Å². The summed E-state index contributed by atoms with van der Waals surface area (Å²) in [5.74, 6) is 0. The van der Waals surface area contributed by atoms with Crippen LogP contribution >= 0.6 is 13.5 Å². The van der Waals surface area contributed by atoms with E-state index in [9.17, 15) is 0 Å². The first-order chi connectivity index (χ1) is 0. The number of rotatable bonds is 0. The molecule has 3 radical (unpaired) electrons. The summed E-state index contributed by atoms with van der Waals surface area (Å²) in [6.45, 7) is 0. The van der Waals surface area contributed by atoms with Crippen LogP contribution in [0, 0.1) is 0 Å². The second-order valence-electron chi connectivity index (χ2n) is 0. The Morgan fingerprint density at radius 3 is 1.25 bits per heavy atom. The zero-order valence-electron chi connectivity index (χ0n) is 4.22. The second kappa shape index (κ2) is 16.3. The molecule has 0 aliphatic rings. The summed E-state index contributed by atoms with van der Waals surface area (Å²) >= 11 is 0. The van der Waals surface area contributed by atoms with Crippen molar-refractivity contribution in [2.24, 2.45) is 0 Å². The molecule has 0 unspecified atom stereocenters. The van der Waals surface area contributed by atoms with Gasteiger partial charge in [0.25, 0.3) is 0 Å². The van der Waals surface area contributed by atoms with E-state index in [-0.39, 0.29) is 106 Å². The molecule has 0 aliphatic carbocycles. The van der Waals surface area contributed by atoms with E-state index >= 15 is 0 Å². The molecule has 0 atom stereocenters. The van der Waals surface area contributed by atoms with Crippen LogP contribution in [-0.2, 0) is 17.1 Å². The van der Waals surface area contributed by atoms with Crippen molar-refractivity contribution in [3.05, 3.63) is 0 Å². The molecule has 0 spiro atoms. The molecule has 0 fully saturated rings. The SMILES string of the molecule is S.[Ba+2].[Cu].[H-].[H-].[SnH2]. The Kier molecular flexibility index (Phi) is 110. The van der Waals surface area contributed by atoms with Crippen molar-refractivity contribution in [3.63, 3.8) is 0 Å². The molecular weight excluding hydrogens is 352 g/mol. The van der Waals surface area contributed by atoms with Crippen molar-refractivity contribution >= 4 is 86.3 Å². The Bertz CT molecular complexity index is 13.5. The summed E-state index contributed by atoms with van der Waals surface area (Å²) in [6, 6.07) is 0. The standard InChI is InChI=1S/Ba.Cu.H2S.Sn.4H/h;;1H2;;;;;/q+2;;;;;;2*-1. The zero-order valence-corrected chi connectivity index (χ0v) is 12.6. The molecule has 0 heterocycles. The quantitative estimate of drug-likeness (QED) is 0.490. The fourth-order valence-corrected chi connectivity index (χ4v) is 0. The van der Waals surface area contributed by atoms with Crippen molar-refractivity contribution in [2.75, 3.05) is 0 Å². The molecule has 29 valence electrons. The average Bonchev–Trinajstić information content (AvgIpc) is 0. The zero-order chi connectivity index (χ0) is 0. The van der Waals surface area contributed by atoms with E-state index in [0.29, 0.717) is 0 Å². The van der Waals surface area contributed by atoms with Crippen LogP contribution < -0.4 is 0 Å². The molecular formula is H6BaCuSSn. The van der Waals surface area contributed by atoms with Crippen molar-refractivity contribution in [1.82, 2.24) is 0 Å². The van der Waals surface area contributed by atoms with Crippen LogP contribution in [0.2, 0.25) is 0 Å². The van der Waals surface area contributed by atoms with Gasteiger partial charge in [-0.3, -0.25) is 0 Å². The minimum atomic E-state index is 0. The predicted molar refractivity (Wildman–Crippen MR) is 26.9 cm³/mol. The molecule has 0 saturated carbocycles. The van der Waals surface area contributed by atoms with Gasteiger partial charge >= 0.3 is 72.8 Å². The number of hydrogen-bond acceptors (Lipinski definition) is 0. The average molecular weight is 358 g/mol. The van der Waals surface area contributed by atoms with Crippen LogP contribution in [0.4, 0.5) is 0 Å². The first-order valence-corrected chi connectivity index (χ1v) is 0. The monoisotopic (exact) mass is 359 g/mol. The van der Waals surface area contributed by atoms with Crippen molar-refractivity contribution in [1.29, 1.82) is 0 Å². The molecule has 0 amide bonds. The van der Waals surface area contributed by atoms with Gasteiger partial charge in [-0.05, 0) is 0 Å². The van der Waals surface area contributed by atoms with E-state index in [4.69, 9.17) is 0 Å². The maximum absolute atomic E-state index is 0. The summed E-state index contributed by atoms with van der Waals surface area (Å²) in [7, 11) is 0. The van der Waals surface area contributed by atoms with Gasteiger partial charge < -0.3 is 2.85 Å². The van der Waals surface area contributed by atoms with Gasteiger partial charge in [0.05, 0.1) is 0 Å². The van der Waals surface area contributed by atoms with Crippen molar-refractivity contribution in [3.8, 4) is 0 Å².